The van der Waals surface area contributed by atoms with Crippen LogP contribution in [0.25, 0.3) is 0 Å². The smallest absolute Gasteiger partial charge is 0.316 e. The Kier molecular flexibility index (Phi) is 6.69. The maximum absolute atomic E-state index is 14.0. The van der Waals surface area contributed by atoms with Crippen LogP contribution in [0.2, 0.25) is 5.02 Å². The maximum Gasteiger partial charge on any atom is 0.316 e. The molecule has 7 nitrogen and oxygen atoms in total. The minimum atomic E-state index is -3.82. The molecule has 1 heterocycles. The zero-order valence-electron chi connectivity index (χ0n) is 15.3. The minimum Gasteiger partial charge on any atom is -0.491 e. The van der Waals surface area contributed by atoms with Crippen molar-refractivity contribution in [3.8, 4) is 11.8 Å². The molecule has 1 aromatic carbocycles. The van der Waals surface area contributed by atoms with Crippen LogP contribution in [0.15, 0.2) is 35.5 Å². The molecule has 1 aliphatic rings. The number of halogens is 2. The second-order valence-corrected chi connectivity index (χ2v) is 8.57. The number of ether oxygens (including phenoxy) is 2. The van der Waals surface area contributed by atoms with Crippen LogP contribution in [0.5, 0.6) is 11.8 Å². The van der Waals surface area contributed by atoms with Crippen molar-refractivity contribution in [1.29, 1.82) is 0 Å². The molecule has 0 spiro atoms. The lowest BCUT2D eigenvalue weighted by Gasteiger charge is -2.28. The molecule has 0 atom stereocenters. The fourth-order valence-electron chi connectivity index (χ4n) is 3.02. The van der Waals surface area contributed by atoms with E-state index in [1.54, 1.807) is 6.92 Å². The zero-order valence-corrected chi connectivity index (χ0v) is 16.8. The third-order valence-electron chi connectivity index (χ3n) is 4.38. The topological polar surface area (TPSA) is 90.4 Å². The van der Waals surface area contributed by atoms with E-state index < -0.39 is 15.8 Å². The maximum atomic E-state index is 14.0. The fourth-order valence-corrected chi connectivity index (χ4v) is 4.43. The van der Waals surface area contributed by atoms with E-state index in [0.717, 1.165) is 6.07 Å². The normalized spacial score (nSPS) is 20.0. The van der Waals surface area contributed by atoms with E-state index in [0.29, 0.717) is 37.3 Å². The van der Waals surface area contributed by atoms with Gasteiger partial charge >= 0.3 is 6.01 Å². The Morgan fingerprint density at radius 1 is 1.21 bits per heavy atom. The molecule has 1 aliphatic carbocycles. The van der Waals surface area contributed by atoms with E-state index in [9.17, 15) is 12.8 Å². The second-order valence-electron chi connectivity index (χ2n) is 6.42. The Balaban J connectivity index is 1.56. The molecule has 152 valence electrons. The summed E-state index contributed by atoms with van der Waals surface area (Å²) >= 11 is 5.74. The van der Waals surface area contributed by atoms with Crippen LogP contribution in [-0.2, 0) is 10.0 Å². The molecule has 1 aromatic heterocycles. The van der Waals surface area contributed by atoms with Crippen molar-refractivity contribution >= 4 is 21.6 Å². The molecule has 0 unspecified atom stereocenters. The van der Waals surface area contributed by atoms with Gasteiger partial charge in [-0.3, -0.25) is 0 Å². The Morgan fingerprint density at radius 2 is 1.89 bits per heavy atom. The third kappa shape index (κ3) is 5.30. The van der Waals surface area contributed by atoms with Crippen LogP contribution in [0.4, 0.5) is 4.39 Å². The highest BCUT2D eigenvalue weighted by atomic mass is 35.5. The highest BCUT2D eigenvalue weighted by Crippen LogP contribution is 2.25. The number of aromatic nitrogens is 2. The molecule has 1 fully saturated rings. The number of benzene rings is 1. The van der Waals surface area contributed by atoms with Gasteiger partial charge < -0.3 is 9.47 Å². The molecule has 3 rings (SSSR count). The van der Waals surface area contributed by atoms with E-state index in [2.05, 4.69) is 14.7 Å². The van der Waals surface area contributed by atoms with Crippen LogP contribution < -0.4 is 14.2 Å². The van der Waals surface area contributed by atoms with Gasteiger partial charge in [0.15, 0.2) is 11.6 Å². The highest BCUT2D eigenvalue weighted by Gasteiger charge is 2.27. The zero-order chi connectivity index (χ0) is 20.1. The van der Waals surface area contributed by atoms with Crippen LogP contribution in [-0.4, -0.2) is 37.1 Å². The molecule has 0 bridgehead atoms. The number of rotatable bonds is 7. The first-order valence-electron chi connectivity index (χ1n) is 8.96. The second kappa shape index (κ2) is 9.02. The summed E-state index contributed by atoms with van der Waals surface area (Å²) in [7, 11) is -3.82. The number of nitrogens with one attached hydrogen (secondary N) is 1. The van der Waals surface area contributed by atoms with Gasteiger partial charge in [0.2, 0.25) is 10.0 Å². The molecular weight excluding hydrogens is 409 g/mol. The van der Waals surface area contributed by atoms with Crippen molar-refractivity contribution in [3.63, 3.8) is 0 Å². The molecule has 2 aromatic rings. The lowest BCUT2D eigenvalue weighted by Crippen LogP contribution is -2.39. The first-order chi connectivity index (χ1) is 13.4. The average Bonchev–Trinajstić information content (AvgIpc) is 2.67. The standard InChI is InChI=1S/C18H21ClFN3O4S/c1-2-26-17-8-7-15(9-16(17)20)28(24,25)23-13-3-5-14(6-4-13)27-18-21-10-12(19)11-22-18/h7-11,13-14,23H,2-6H2,1H3. The SMILES string of the molecule is CCOc1ccc(S(=O)(=O)NC2CCC(Oc3ncc(Cl)cn3)CC2)cc1F. The molecule has 10 heteroatoms. The van der Waals surface area contributed by atoms with E-state index >= 15 is 0 Å². The molecular formula is C18H21ClFN3O4S. The van der Waals surface area contributed by atoms with Crippen molar-refractivity contribution in [2.24, 2.45) is 0 Å². The first kappa shape index (κ1) is 20.8. The summed E-state index contributed by atoms with van der Waals surface area (Å²) in [6.45, 7) is 2.03. The highest BCUT2D eigenvalue weighted by molar-refractivity contribution is 7.89. The van der Waals surface area contributed by atoms with Crippen molar-refractivity contribution < 1.29 is 22.3 Å². The molecule has 1 saturated carbocycles. The van der Waals surface area contributed by atoms with Gasteiger partial charge in [-0.05, 0) is 50.8 Å². The lowest BCUT2D eigenvalue weighted by atomic mass is 9.94. The molecule has 0 aliphatic heterocycles. The largest absolute Gasteiger partial charge is 0.491 e. The number of hydrogen-bond donors (Lipinski definition) is 1. The number of sulfonamides is 1. The van der Waals surface area contributed by atoms with Crippen LogP contribution in [0, 0.1) is 5.82 Å². The molecule has 0 radical (unpaired) electrons. The van der Waals surface area contributed by atoms with Crippen molar-refractivity contribution in [2.45, 2.75) is 49.6 Å². The Morgan fingerprint density at radius 3 is 2.50 bits per heavy atom. The van der Waals surface area contributed by atoms with Crippen LogP contribution >= 0.6 is 11.6 Å². The van der Waals surface area contributed by atoms with E-state index in [-0.39, 0.29) is 28.8 Å². The van der Waals surface area contributed by atoms with Crippen LogP contribution in [0.1, 0.15) is 32.6 Å². The van der Waals surface area contributed by atoms with E-state index in [1.165, 1.54) is 24.5 Å². The summed E-state index contributed by atoms with van der Waals surface area (Å²) in [6.07, 6.45) is 5.31. The van der Waals surface area contributed by atoms with Crippen molar-refractivity contribution in [1.82, 2.24) is 14.7 Å². The van der Waals surface area contributed by atoms with E-state index in [4.69, 9.17) is 21.1 Å². The van der Waals surface area contributed by atoms with E-state index in [1.807, 2.05) is 0 Å². The van der Waals surface area contributed by atoms with Crippen molar-refractivity contribution in [3.05, 3.63) is 41.4 Å². The van der Waals surface area contributed by atoms with Crippen molar-refractivity contribution in [2.75, 3.05) is 6.61 Å². The van der Waals surface area contributed by atoms with Gasteiger partial charge in [0.05, 0.1) is 28.9 Å². The van der Waals surface area contributed by atoms with Gasteiger partial charge in [-0.1, -0.05) is 11.6 Å². The quantitative estimate of drug-likeness (QED) is 0.726. The molecule has 1 N–H and O–H groups in total. The predicted octanol–water partition coefficient (Wildman–Crippen LogP) is 3.34. The Bertz CT molecular complexity index is 904. The summed E-state index contributed by atoms with van der Waals surface area (Å²) in [6, 6.07) is 3.64. The average molecular weight is 430 g/mol. The molecule has 0 saturated heterocycles. The summed E-state index contributed by atoms with van der Waals surface area (Å²) in [5, 5.41) is 0.427. The summed E-state index contributed by atoms with van der Waals surface area (Å²) in [5.41, 5.74) is 0. The Labute approximate surface area is 168 Å². The van der Waals surface area contributed by atoms with Gasteiger partial charge in [-0.2, -0.15) is 0 Å². The summed E-state index contributed by atoms with van der Waals surface area (Å²) in [5.74, 6) is -0.673. The van der Waals surface area contributed by atoms with Crippen LogP contribution in [0.3, 0.4) is 0 Å². The first-order valence-corrected chi connectivity index (χ1v) is 10.8. The monoisotopic (exact) mass is 429 g/mol. The van der Waals surface area contributed by atoms with Gasteiger partial charge in [0.25, 0.3) is 0 Å². The molecule has 0 amide bonds. The lowest BCUT2D eigenvalue weighted by molar-refractivity contribution is 0.132. The van der Waals surface area contributed by atoms with Gasteiger partial charge in [-0.15, -0.1) is 0 Å². The van der Waals surface area contributed by atoms with Gasteiger partial charge in [0.1, 0.15) is 6.10 Å². The van der Waals surface area contributed by atoms with Gasteiger partial charge in [-0.25, -0.2) is 27.5 Å². The summed E-state index contributed by atoms with van der Waals surface area (Å²) in [4.78, 5) is 7.87. The minimum absolute atomic E-state index is 0.0310. The number of nitrogens with zero attached hydrogens (tertiary/aromatic N) is 2. The fraction of sp³-hybridized carbons (Fsp3) is 0.444. The van der Waals surface area contributed by atoms with Gasteiger partial charge in [0, 0.05) is 6.04 Å². The number of hydrogen-bond acceptors (Lipinski definition) is 6. The summed E-state index contributed by atoms with van der Waals surface area (Å²) < 4.78 is 52.5. The third-order valence-corrected chi connectivity index (χ3v) is 6.09. The predicted molar refractivity (Wildman–Crippen MR) is 102 cm³/mol. The molecule has 28 heavy (non-hydrogen) atoms. The Hall–Kier alpha value is -1.97.